The second-order valence-corrected chi connectivity index (χ2v) is 9.80. The Morgan fingerprint density at radius 2 is 1.36 bits per heavy atom. The van der Waals surface area contributed by atoms with Gasteiger partial charge in [0.25, 0.3) is 0 Å². The van der Waals surface area contributed by atoms with Gasteiger partial charge in [-0.15, -0.1) is 0 Å². The summed E-state index contributed by atoms with van der Waals surface area (Å²) >= 11 is 0. The highest BCUT2D eigenvalue weighted by Gasteiger charge is 2.54. The highest BCUT2D eigenvalue weighted by atomic mass is 16.6. The van der Waals surface area contributed by atoms with E-state index in [0.29, 0.717) is 28.2 Å². The Morgan fingerprint density at radius 3 is 1.83 bits per heavy atom. The largest absolute Gasteiger partial charge is 0.497 e. The number of ketones is 2. The molecule has 10 heteroatoms. The number of rotatable bonds is 11. The normalized spacial score (nSPS) is 20.2. The maximum Gasteiger partial charge on any atom is 0.228 e. The summed E-state index contributed by atoms with van der Waals surface area (Å²) in [6.07, 6.45) is 2.71. The molecule has 0 radical (unpaired) electrons. The van der Waals surface area contributed by atoms with E-state index in [1.165, 1.54) is 34.5 Å². The van der Waals surface area contributed by atoms with E-state index in [9.17, 15) is 19.7 Å². The van der Waals surface area contributed by atoms with Gasteiger partial charge < -0.3 is 23.7 Å². The third kappa shape index (κ3) is 6.07. The predicted octanol–water partition coefficient (Wildman–Crippen LogP) is 5.11. The summed E-state index contributed by atoms with van der Waals surface area (Å²) in [7, 11) is 7.38. The van der Waals surface area contributed by atoms with Gasteiger partial charge in [-0.3, -0.25) is 19.7 Å². The van der Waals surface area contributed by atoms with Crippen molar-refractivity contribution in [3.8, 4) is 28.7 Å². The van der Waals surface area contributed by atoms with Gasteiger partial charge in [0, 0.05) is 11.3 Å². The van der Waals surface area contributed by atoms with Crippen LogP contribution >= 0.6 is 0 Å². The first-order chi connectivity index (χ1) is 20.3. The van der Waals surface area contributed by atoms with Crippen molar-refractivity contribution < 1.29 is 38.2 Å². The molecule has 1 saturated carbocycles. The van der Waals surface area contributed by atoms with Crippen LogP contribution in [0.15, 0.2) is 66.7 Å². The van der Waals surface area contributed by atoms with Crippen LogP contribution in [-0.4, -0.2) is 58.1 Å². The zero-order chi connectivity index (χ0) is 30.4. The number of benzene rings is 3. The first-order valence-corrected chi connectivity index (χ1v) is 13.2. The average molecular weight is 576 g/mol. The molecule has 0 N–H and O–H groups in total. The van der Waals surface area contributed by atoms with E-state index in [1.54, 1.807) is 73.8 Å². The Balaban J connectivity index is 1.85. The number of hydrogen-bond acceptors (Lipinski definition) is 9. The predicted molar refractivity (Wildman–Crippen MR) is 156 cm³/mol. The fraction of sp³-hybridized carbons (Fsp3) is 0.312. The monoisotopic (exact) mass is 575 g/mol. The van der Waals surface area contributed by atoms with Gasteiger partial charge in [0.1, 0.15) is 17.3 Å². The molecule has 3 aromatic rings. The van der Waals surface area contributed by atoms with Crippen molar-refractivity contribution in [2.75, 3.05) is 35.5 Å². The van der Waals surface area contributed by atoms with Gasteiger partial charge in [0.15, 0.2) is 17.3 Å². The summed E-state index contributed by atoms with van der Waals surface area (Å²) in [6.45, 7) is 0. The van der Waals surface area contributed by atoms with Crippen molar-refractivity contribution in [1.29, 1.82) is 0 Å². The summed E-state index contributed by atoms with van der Waals surface area (Å²) in [5, 5.41) is 12.8. The Labute approximate surface area is 244 Å². The molecule has 220 valence electrons. The van der Waals surface area contributed by atoms with Crippen molar-refractivity contribution in [1.82, 2.24) is 0 Å². The molecule has 1 aliphatic carbocycles. The van der Waals surface area contributed by atoms with Crippen molar-refractivity contribution in [2.45, 2.75) is 24.3 Å². The number of carbonyl (C=O) groups excluding carboxylic acids is 2. The molecule has 1 aliphatic rings. The third-order valence-electron chi connectivity index (χ3n) is 7.63. The second kappa shape index (κ2) is 13.2. The molecule has 0 spiro atoms. The third-order valence-corrected chi connectivity index (χ3v) is 7.63. The quantitative estimate of drug-likeness (QED) is 0.133. The summed E-state index contributed by atoms with van der Waals surface area (Å²) in [5.74, 6) is -2.12. The Morgan fingerprint density at radius 1 is 0.810 bits per heavy atom. The lowest BCUT2D eigenvalue weighted by molar-refractivity contribution is -0.533. The summed E-state index contributed by atoms with van der Waals surface area (Å²) in [6, 6.07) is 15.7. The zero-order valence-electron chi connectivity index (χ0n) is 24.1. The number of hydrogen-bond donors (Lipinski definition) is 0. The number of carbonyl (C=O) groups is 2. The lowest BCUT2D eigenvalue weighted by atomic mass is 9.64. The molecule has 0 bridgehead atoms. The Kier molecular flexibility index (Phi) is 9.46. The summed E-state index contributed by atoms with van der Waals surface area (Å²) < 4.78 is 26.9. The summed E-state index contributed by atoms with van der Waals surface area (Å²) in [5.41, 5.74) is 1.66. The molecular weight excluding hydrogens is 542 g/mol. The van der Waals surface area contributed by atoms with Crippen LogP contribution in [0.3, 0.4) is 0 Å². The van der Waals surface area contributed by atoms with E-state index in [4.69, 9.17) is 23.7 Å². The smallest absolute Gasteiger partial charge is 0.228 e. The number of Topliss-reactive ketones (excluding diaryl/α,β-unsaturated/α-hetero) is 1. The van der Waals surface area contributed by atoms with Crippen LogP contribution in [0.5, 0.6) is 28.7 Å². The number of allylic oxidation sites excluding steroid dienone is 1. The van der Waals surface area contributed by atoms with Gasteiger partial charge in [-0.05, 0) is 59.2 Å². The van der Waals surface area contributed by atoms with Crippen LogP contribution in [0.1, 0.15) is 34.9 Å². The van der Waals surface area contributed by atoms with Crippen LogP contribution in [-0.2, 0) is 9.59 Å². The van der Waals surface area contributed by atoms with E-state index in [2.05, 4.69) is 0 Å². The summed E-state index contributed by atoms with van der Waals surface area (Å²) in [4.78, 5) is 40.0. The number of ether oxygens (including phenoxy) is 5. The van der Waals surface area contributed by atoms with Crippen LogP contribution in [0.4, 0.5) is 0 Å². The fourth-order valence-corrected chi connectivity index (χ4v) is 5.57. The molecule has 3 aromatic carbocycles. The number of nitro groups is 1. The molecule has 0 amide bonds. The highest BCUT2D eigenvalue weighted by Crippen LogP contribution is 2.49. The zero-order valence-corrected chi connectivity index (χ0v) is 24.1. The van der Waals surface area contributed by atoms with Gasteiger partial charge in [-0.2, -0.15) is 0 Å². The van der Waals surface area contributed by atoms with Crippen LogP contribution in [0.25, 0.3) is 6.08 Å². The molecule has 1 fully saturated rings. The van der Waals surface area contributed by atoms with Crippen molar-refractivity contribution in [3.63, 3.8) is 0 Å². The highest BCUT2D eigenvalue weighted by molar-refractivity contribution is 6.10. The minimum atomic E-state index is -1.32. The minimum Gasteiger partial charge on any atom is -0.497 e. The van der Waals surface area contributed by atoms with Crippen molar-refractivity contribution in [3.05, 3.63) is 93.5 Å². The maximum absolute atomic E-state index is 13.8. The van der Waals surface area contributed by atoms with Gasteiger partial charge >= 0.3 is 0 Å². The molecule has 42 heavy (non-hydrogen) atoms. The van der Waals surface area contributed by atoms with Gasteiger partial charge in [-0.1, -0.05) is 30.3 Å². The first-order valence-electron chi connectivity index (χ1n) is 13.2. The van der Waals surface area contributed by atoms with E-state index in [1.807, 2.05) is 0 Å². The molecule has 10 nitrogen and oxygen atoms in total. The lowest BCUT2D eigenvalue weighted by Crippen LogP contribution is -2.48. The molecular formula is C32H33NO9. The molecule has 1 unspecified atom stereocenters. The molecule has 0 saturated heterocycles. The lowest BCUT2D eigenvalue weighted by Gasteiger charge is -2.37. The molecule has 0 aliphatic heterocycles. The standard InChI is InChI=1S/C32H33NO9/c1-38-22-11-6-19(7-12-22)8-15-25(34)30-26(35)18-24(20-9-13-23(39-2)14-10-20)31(33(36)37)29(30)21-16-27(40-3)32(42-5)28(17-21)41-4/h6-17,24,29-31H,18H2,1-5H3/b15-8+/t24-,29+,30?,31+/m1/s1. The van der Waals surface area contributed by atoms with Crippen molar-refractivity contribution >= 4 is 17.6 Å². The molecule has 4 rings (SSSR count). The maximum atomic E-state index is 13.8. The topological polar surface area (TPSA) is 123 Å². The van der Waals surface area contributed by atoms with Crippen molar-refractivity contribution in [2.24, 2.45) is 5.92 Å². The molecule has 0 heterocycles. The minimum absolute atomic E-state index is 0.175. The van der Waals surface area contributed by atoms with E-state index < -0.39 is 40.3 Å². The molecule has 4 atom stereocenters. The van der Waals surface area contributed by atoms with Gasteiger partial charge in [0.2, 0.25) is 11.8 Å². The number of methoxy groups -OCH3 is 5. The van der Waals surface area contributed by atoms with Gasteiger partial charge in [0.05, 0.1) is 53.3 Å². The number of nitrogens with zero attached hydrogens (tertiary/aromatic N) is 1. The van der Waals surface area contributed by atoms with Crippen LogP contribution in [0.2, 0.25) is 0 Å². The Hall–Kier alpha value is -4.86. The fourth-order valence-electron chi connectivity index (χ4n) is 5.57. The second-order valence-electron chi connectivity index (χ2n) is 9.80. The first kappa shape index (κ1) is 30.1. The molecule has 0 aromatic heterocycles. The average Bonchev–Trinajstić information content (AvgIpc) is 3.02. The van der Waals surface area contributed by atoms with Gasteiger partial charge in [-0.25, -0.2) is 0 Å². The van der Waals surface area contributed by atoms with E-state index >= 15 is 0 Å². The Bertz CT molecular complexity index is 1440. The SMILES string of the molecule is COc1ccc(/C=C/C(=O)C2C(=O)C[C@H](c3ccc(OC)cc3)[C@H]([N+](=O)[O-])[C@H]2c2cc(OC)c(OC)c(OC)c2)cc1. The van der Waals surface area contributed by atoms with E-state index in [-0.39, 0.29) is 23.7 Å². The van der Waals surface area contributed by atoms with E-state index in [0.717, 1.165) is 0 Å². The van der Waals surface area contributed by atoms with Crippen LogP contribution in [0, 0.1) is 16.0 Å². The van der Waals surface area contributed by atoms with Crippen LogP contribution < -0.4 is 23.7 Å².